The zero-order valence-electron chi connectivity index (χ0n) is 11.8. The number of carbonyl (C=O) groups excluding carboxylic acids is 2. The molecule has 0 aliphatic heterocycles. The van der Waals surface area contributed by atoms with Gasteiger partial charge in [0.15, 0.2) is 17.5 Å². The molecular weight excluding hydrogens is 357 g/mol. The quantitative estimate of drug-likeness (QED) is 0.586. The number of nitrogens with one attached hydrogen (secondary N) is 1. The first-order chi connectivity index (χ1) is 10.3. The number of esters is 1. The molecule has 7 nitrogen and oxygen atoms in total. The molecule has 1 atom stereocenters. The Bertz CT molecular complexity index is 583. The van der Waals surface area contributed by atoms with E-state index in [-0.39, 0.29) is 32.6 Å². The molecule has 0 bridgehead atoms. The van der Waals surface area contributed by atoms with E-state index < -0.39 is 18.5 Å². The van der Waals surface area contributed by atoms with E-state index in [2.05, 4.69) is 10.3 Å². The SMILES string of the molecule is COC[C@@H](C)NC(=O)COC(=O)c1nc(Cl)c(Cl)c(N)c1Cl. The van der Waals surface area contributed by atoms with Gasteiger partial charge < -0.3 is 20.5 Å². The molecule has 1 rings (SSSR count). The molecule has 3 N–H and O–H groups in total. The van der Waals surface area contributed by atoms with Crippen molar-refractivity contribution in [2.45, 2.75) is 13.0 Å². The lowest BCUT2D eigenvalue weighted by atomic mass is 10.3. The first kappa shape index (κ1) is 18.8. The first-order valence-corrected chi connectivity index (χ1v) is 7.16. The molecule has 0 radical (unpaired) electrons. The monoisotopic (exact) mass is 369 g/mol. The third-order valence-corrected chi connectivity index (χ3v) is 3.56. The lowest BCUT2D eigenvalue weighted by molar-refractivity contribution is -0.125. The number of halogens is 3. The maximum Gasteiger partial charge on any atom is 0.359 e. The number of ether oxygens (including phenoxy) is 2. The highest BCUT2D eigenvalue weighted by Gasteiger charge is 2.21. The van der Waals surface area contributed by atoms with E-state index in [1.54, 1.807) is 6.92 Å². The molecule has 10 heteroatoms. The third kappa shape index (κ3) is 4.88. The topological polar surface area (TPSA) is 104 Å². The van der Waals surface area contributed by atoms with Gasteiger partial charge in [0, 0.05) is 13.2 Å². The minimum atomic E-state index is -0.940. The van der Waals surface area contributed by atoms with Gasteiger partial charge in [0.25, 0.3) is 5.91 Å². The van der Waals surface area contributed by atoms with E-state index in [9.17, 15) is 9.59 Å². The van der Waals surface area contributed by atoms with Gasteiger partial charge in [0.05, 0.1) is 17.3 Å². The van der Waals surface area contributed by atoms with Crippen molar-refractivity contribution in [2.75, 3.05) is 26.1 Å². The van der Waals surface area contributed by atoms with Crippen LogP contribution in [-0.2, 0) is 14.3 Å². The Kier molecular flexibility index (Phi) is 7.15. The lowest BCUT2D eigenvalue weighted by Crippen LogP contribution is -2.38. The Hall–Kier alpha value is -1.28. The second-order valence-electron chi connectivity index (χ2n) is 4.29. The molecule has 0 aliphatic rings. The van der Waals surface area contributed by atoms with Crippen LogP contribution in [0.5, 0.6) is 0 Å². The Morgan fingerprint density at radius 3 is 2.55 bits per heavy atom. The van der Waals surface area contributed by atoms with Gasteiger partial charge in [-0.25, -0.2) is 9.78 Å². The van der Waals surface area contributed by atoms with Crippen molar-refractivity contribution >= 4 is 52.4 Å². The minimum Gasteiger partial charge on any atom is -0.451 e. The average molecular weight is 371 g/mol. The summed E-state index contributed by atoms with van der Waals surface area (Å²) in [5.41, 5.74) is 5.18. The number of aromatic nitrogens is 1. The summed E-state index contributed by atoms with van der Waals surface area (Å²) in [4.78, 5) is 27.1. The molecule has 1 aromatic heterocycles. The predicted molar refractivity (Wildman–Crippen MR) is 83.4 cm³/mol. The molecule has 0 spiro atoms. The summed E-state index contributed by atoms with van der Waals surface area (Å²) >= 11 is 17.3. The molecule has 1 heterocycles. The minimum absolute atomic E-state index is 0.0608. The Morgan fingerprint density at radius 2 is 1.95 bits per heavy atom. The Labute approximate surface area is 142 Å². The maximum absolute atomic E-state index is 11.9. The average Bonchev–Trinajstić information content (AvgIpc) is 2.46. The molecule has 122 valence electrons. The molecule has 0 saturated heterocycles. The fourth-order valence-electron chi connectivity index (χ4n) is 1.47. The number of nitrogens with zero attached hydrogens (tertiary/aromatic N) is 1. The van der Waals surface area contributed by atoms with Crippen LogP contribution in [0.4, 0.5) is 5.69 Å². The lowest BCUT2D eigenvalue weighted by Gasteiger charge is -2.13. The van der Waals surface area contributed by atoms with Crippen molar-refractivity contribution in [3.63, 3.8) is 0 Å². The molecular formula is C12H14Cl3N3O4. The van der Waals surface area contributed by atoms with Gasteiger partial charge in [-0.3, -0.25) is 4.79 Å². The van der Waals surface area contributed by atoms with Crippen LogP contribution in [0.3, 0.4) is 0 Å². The van der Waals surface area contributed by atoms with Crippen LogP contribution in [0, 0.1) is 0 Å². The van der Waals surface area contributed by atoms with Crippen molar-refractivity contribution < 1.29 is 19.1 Å². The summed E-state index contributed by atoms with van der Waals surface area (Å²) in [5, 5.41) is 2.13. The number of nitrogen functional groups attached to an aromatic ring is 1. The van der Waals surface area contributed by atoms with Gasteiger partial charge in [-0.15, -0.1) is 0 Å². The first-order valence-electron chi connectivity index (χ1n) is 6.03. The van der Waals surface area contributed by atoms with Crippen molar-refractivity contribution in [3.05, 3.63) is 20.9 Å². The van der Waals surface area contributed by atoms with Crippen LogP contribution >= 0.6 is 34.8 Å². The fourth-order valence-corrected chi connectivity index (χ4v) is 2.06. The fraction of sp³-hybridized carbons (Fsp3) is 0.417. The summed E-state index contributed by atoms with van der Waals surface area (Å²) in [5.74, 6) is -1.44. The predicted octanol–water partition coefficient (Wildman–Crippen LogP) is 1.93. The number of hydrogen-bond donors (Lipinski definition) is 2. The van der Waals surface area contributed by atoms with E-state index in [0.29, 0.717) is 6.61 Å². The highest BCUT2D eigenvalue weighted by Crippen LogP contribution is 2.34. The maximum atomic E-state index is 11.9. The van der Waals surface area contributed by atoms with Crippen LogP contribution in [0.25, 0.3) is 0 Å². The largest absolute Gasteiger partial charge is 0.451 e. The number of nitrogens with two attached hydrogens (primary N) is 1. The van der Waals surface area contributed by atoms with Crippen LogP contribution in [0.1, 0.15) is 17.4 Å². The van der Waals surface area contributed by atoms with Crippen molar-refractivity contribution in [2.24, 2.45) is 0 Å². The molecule has 0 unspecified atom stereocenters. The normalized spacial score (nSPS) is 11.9. The van der Waals surface area contributed by atoms with E-state index >= 15 is 0 Å². The Morgan fingerprint density at radius 1 is 1.32 bits per heavy atom. The van der Waals surface area contributed by atoms with Gasteiger partial charge in [-0.1, -0.05) is 34.8 Å². The van der Waals surface area contributed by atoms with E-state index in [0.717, 1.165) is 0 Å². The highest BCUT2D eigenvalue weighted by atomic mass is 35.5. The molecule has 0 fully saturated rings. The zero-order valence-corrected chi connectivity index (χ0v) is 14.1. The number of anilines is 1. The van der Waals surface area contributed by atoms with Crippen LogP contribution in [0.2, 0.25) is 15.2 Å². The Balaban J connectivity index is 2.69. The number of rotatable bonds is 6. The molecule has 1 amide bonds. The molecule has 0 aliphatic carbocycles. The second-order valence-corrected chi connectivity index (χ2v) is 5.41. The van der Waals surface area contributed by atoms with Crippen molar-refractivity contribution in [3.8, 4) is 0 Å². The van der Waals surface area contributed by atoms with Crippen LogP contribution in [-0.4, -0.2) is 43.2 Å². The zero-order chi connectivity index (χ0) is 16.9. The van der Waals surface area contributed by atoms with E-state index in [1.165, 1.54) is 7.11 Å². The third-order valence-electron chi connectivity index (χ3n) is 2.42. The number of methoxy groups -OCH3 is 1. The van der Waals surface area contributed by atoms with Crippen LogP contribution in [0.15, 0.2) is 0 Å². The van der Waals surface area contributed by atoms with Crippen LogP contribution < -0.4 is 11.1 Å². The molecule has 22 heavy (non-hydrogen) atoms. The summed E-state index contributed by atoms with van der Waals surface area (Å²) in [6, 6.07) is -0.224. The van der Waals surface area contributed by atoms with Crippen molar-refractivity contribution in [1.29, 1.82) is 0 Å². The van der Waals surface area contributed by atoms with Gasteiger partial charge >= 0.3 is 5.97 Å². The summed E-state index contributed by atoms with van der Waals surface area (Å²) in [6.45, 7) is 1.56. The summed E-state index contributed by atoms with van der Waals surface area (Å²) in [7, 11) is 1.50. The molecule has 1 aromatic rings. The second kappa shape index (κ2) is 8.38. The van der Waals surface area contributed by atoms with Gasteiger partial charge in [0.2, 0.25) is 0 Å². The number of carbonyl (C=O) groups is 2. The smallest absolute Gasteiger partial charge is 0.359 e. The van der Waals surface area contributed by atoms with Gasteiger partial charge in [-0.05, 0) is 6.92 Å². The number of pyridine rings is 1. The number of hydrogen-bond acceptors (Lipinski definition) is 6. The van der Waals surface area contributed by atoms with E-state index in [4.69, 9.17) is 50.0 Å². The van der Waals surface area contributed by atoms with Crippen molar-refractivity contribution in [1.82, 2.24) is 10.3 Å². The van der Waals surface area contributed by atoms with E-state index in [1.807, 2.05) is 0 Å². The van der Waals surface area contributed by atoms with Gasteiger partial charge in [0.1, 0.15) is 5.02 Å². The highest BCUT2D eigenvalue weighted by molar-refractivity contribution is 6.46. The molecule has 0 aromatic carbocycles. The number of amides is 1. The standard InChI is InChI=1S/C12H14Cl3N3O4/c1-5(3-21-2)17-6(19)4-22-12(20)10-7(13)9(16)8(14)11(15)18-10/h5H,3-4H2,1-2H3,(H2,16,18)(H,17,19)/t5-/m1/s1. The summed E-state index contributed by atoms with van der Waals surface area (Å²) < 4.78 is 9.67. The van der Waals surface area contributed by atoms with Gasteiger partial charge in [-0.2, -0.15) is 0 Å². The molecule has 0 saturated carbocycles. The summed E-state index contributed by atoms with van der Waals surface area (Å²) in [6.07, 6.45) is 0.